The molecule has 2 aromatic carbocycles. The van der Waals surface area contributed by atoms with Crippen molar-refractivity contribution in [2.45, 2.75) is 6.92 Å². The van der Waals surface area contributed by atoms with Crippen molar-refractivity contribution in [2.24, 2.45) is 0 Å². The van der Waals surface area contributed by atoms with Crippen LogP contribution in [0.15, 0.2) is 60.9 Å². The number of rotatable bonds is 3. The summed E-state index contributed by atoms with van der Waals surface area (Å²) in [5, 5.41) is 2.45. The first kappa shape index (κ1) is 11.7. The molecular formula is C17H15NO. The Hall–Kier alpha value is -2.35. The Morgan fingerprint density at radius 3 is 2.68 bits per heavy atom. The lowest BCUT2D eigenvalue weighted by Gasteiger charge is -2.11. The van der Waals surface area contributed by atoms with Crippen molar-refractivity contribution in [1.29, 1.82) is 0 Å². The average molecular weight is 249 g/mol. The Bertz CT molecular complexity index is 701. The third kappa shape index (κ3) is 2.17. The molecule has 0 bridgehead atoms. The fourth-order valence-electron chi connectivity index (χ4n) is 2.33. The van der Waals surface area contributed by atoms with Gasteiger partial charge in [0.1, 0.15) is 5.75 Å². The summed E-state index contributed by atoms with van der Waals surface area (Å²) in [5.41, 5.74) is 2.20. The highest BCUT2D eigenvalue weighted by Crippen LogP contribution is 2.34. The Kier molecular flexibility index (Phi) is 3.15. The molecule has 0 atom stereocenters. The van der Waals surface area contributed by atoms with E-state index in [0.717, 1.165) is 16.9 Å². The summed E-state index contributed by atoms with van der Waals surface area (Å²) < 4.78 is 5.70. The summed E-state index contributed by atoms with van der Waals surface area (Å²) in [6.45, 7) is 2.65. The van der Waals surface area contributed by atoms with Crippen molar-refractivity contribution in [3.05, 3.63) is 60.9 Å². The molecular weight excluding hydrogens is 234 g/mol. The molecule has 0 amide bonds. The van der Waals surface area contributed by atoms with Gasteiger partial charge in [-0.2, -0.15) is 0 Å². The van der Waals surface area contributed by atoms with Crippen LogP contribution >= 0.6 is 0 Å². The molecule has 0 N–H and O–H groups in total. The maximum atomic E-state index is 5.70. The molecule has 1 heterocycles. The van der Waals surface area contributed by atoms with Crippen LogP contribution in [0.5, 0.6) is 5.75 Å². The number of nitrogens with zero attached hydrogens (tertiary/aromatic N) is 1. The zero-order chi connectivity index (χ0) is 13.1. The van der Waals surface area contributed by atoms with Gasteiger partial charge in [0.2, 0.25) is 0 Å². The molecule has 94 valence electrons. The molecule has 3 rings (SSSR count). The molecule has 3 aromatic rings. The predicted molar refractivity (Wildman–Crippen MR) is 78.3 cm³/mol. The number of fused-ring (bicyclic) bond motifs is 1. The zero-order valence-corrected chi connectivity index (χ0v) is 10.8. The number of ether oxygens (including phenoxy) is 1. The number of hydrogen-bond acceptors (Lipinski definition) is 2. The van der Waals surface area contributed by atoms with E-state index in [1.807, 2.05) is 19.2 Å². The topological polar surface area (TPSA) is 22.1 Å². The summed E-state index contributed by atoms with van der Waals surface area (Å²) >= 11 is 0. The van der Waals surface area contributed by atoms with E-state index in [-0.39, 0.29) is 0 Å². The minimum Gasteiger partial charge on any atom is -0.493 e. The molecule has 2 nitrogen and oxygen atoms in total. The highest BCUT2D eigenvalue weighted by molar-refractivity contribution is 5.97. The van der Waals surface area contributed by atoms with E-state index in [4.69, 9.17) is 4.74 Å². The second-order valence-electron chi connectivity index (χ2n) is 4.33. The highest BCUT2D eigenvalue weighted by atomic mass is 16.5. The largest absolute Gasteiger partial charge is 0.493 e. The van der Waals surface area contributed by atoms with Crippen molar-refractivity contribution >= 4 is 10.8 Å². The molecule has 0 saturated carbocycles. The maximum Gasteiger partial charge on any atom is 0.130 e. The molecule has 0 aliphatic rings. The van der Waals surface area contributed by atoms with Crippen LogP contribution < -0.4 is 4.74 Å². The van der Waals surface area contributed by atoms with Crippen LogP contribution in [0.4, 0.5) is 0 Å². The first-order valence-electron chi connectivity index (χ1n) is 6.45. The van der Waals surface area contributed by atoms with Gasteiger partial charge < -0.3 is 4.74 Å². The first-order valence-corrected chi connectivity index (χ1v) is 6.45. The molecule has 0 aliphatic heterocycles. The van der Waals surface area contributed by atoms with E-state index in [0.29, 0.717) is 6.61 Å². The Morgan fingerprint density at radius 1 is 0.947 bits per heavy atom. The van der Waals surface area contributed by atoms with Crippen molar-refractivity contribution in [3.8, 4) is 16.9 Å². The Labute approximate surface area is 112 Å². The Morgan fingerprint density at radius 2 is 1.79 bits per heavy atom. The van der Waals surface area contributed by atoms with E-state index in [1.54, 1.807) is 6.20 Å². The second-order valence-corrected chi connectivity index (χ2v) is 4.33. The van der Waals surface area contributed by atoms with Crippen LogP contribution in [0, 0.1) is 0 Å². The molecule has 0 aliphatic carbocycles. The van der Waals surface area contributed by atoms with Gasteiger partial charge in [-0.05, 0) is 29.3 Å². The standard InChI is InChI=1S/C17H15NO/c1-2-19-17-10-11-18-12-16(17)15-9-5-7-13-6-3-4-8-14(13)15/h3-12H,2H2,1H3. The predicted octanol–water partition coefficient (Wildman–Crippen LogP) is 4.30. The zero-order valence-electron chi connectivity index (χ0n) is 10.8. The fourth-order valence-corrected chi connectivity index (χ4v) is 2.33. The first-order chi connectivity index (χ1) is 9.40. The molecule has 1 aromatic heterocycles. The number of pyridine rings is 1. The van der Waals surface area contributed by atoms with Gasteiger partial charge in [0, 0.05) is 18.0 Å². The van der Waals surface area contributed by atoms with Gasteiger partial charge in [0.15, 0.2) is 0 Å². The SMILES string of the molecule is CCOc1ccncc1-c1cccc2ccccc12. The molecule has 0 fully saturated rings. The quantitative estimate of drug-likeness (QED) is 0.690. The lowest BCUT2D eigenvalue weighted by molar-refractivity contribution is 0.341. The van der Waals surface area contributed by atoms with Gasteiger partial charge in [-0.25, -0.2) is 0 Å². The number of hydrogen-bond donors (Lipinski definition) is 0. The minimum atomic E-state index is 0.655. The van der Waals surface area contributed by atoms with E-state index in [1.165, 1.54) is 10.8 Å². The minimum absolute atomic E-state index is 0.655. The lowest BCUT2D eigenvalue weighted by atomic mass is 9.99. The van der Waals surface area contributed by atoms with Crippen molar-refractivity contribution in [2.75, 3.05) is 6.61 Å². The summed E-state index contributed by atoms with van der Waals surface area (Å²) in [7, 11) is 0. The summed E-state index contributed by atoms with van der Waals surface area (Å²) in [6, 6.07) is 16.6. The van der Waals surface area contributed by atoms with Crippen LogP contribution in [-0.4, -0.2) is 11.6 Å². The van der Waals surface area contributed by atoms with Gasteiger partial charge in [-0.3, -0.25) is 4.98 Å². The van der Waals surface area contributed by atoms with Crippen LogP contribution in [0.3, 0.4) is 0 Å². The molecule has 0 unspecified atom stereocenters. The Balaban J connectivity index is 2.25. The summed E-state index contributed by atoms with van der Waals surface area (Å²) in [5.74, 6) is 0.883. The van der Waals surface area contributed by atoms with Crippen LogP contribution in [0.1, 0.15) is 6.92 Å². The number of benzene rings is 2. The van der Waals surface area contributed by atoms with Crippen LogP contribution in [0.25, 0.3) is 21.9 Å². The lowest BCUT2D eigenvalue weighted by Crippen LogP contribution is -1.95. The average Bonchev–Trinajstić information content (AvgIpc) is 2.48. The van der Waals surface area contributed by atoms with Gasteiger partial charge in [-0.1, -0.05) is 42.5 Å². The van der Waals surface area contributed by atoms with Gasteiger partial charge in [-0.15, -0.1) is 0 Å². The van der Waals surface area contributed by atoms with E-state index in [9.17, 15) is 0 Å². The highest BCUT2D eigenvalue weighted by Gasteiger charge is 2.09. The van der Waals surface area contributed by atoms with E-state index in [2.05, 4.69) is 47.4 Å². The van der Waals surface area contributed by atoms with Crippen molar-refractivity contribution in [1.82, 2.24) is 4.98 Å². The van der Waals surface area contributed by atoms with Crippen molar-refractivity contribution < 1.29 is 4.74 Å². The normalized spacial score (nSPS) is 10.6. The second kappa shape index (κ2) is 5.11. The molecule has 0 saturated heterocycles. The molecule has 0 spiro atoms. The smallest absolute Gasteiger partial charge is 0.130 e. The molecule has 19 heavy (non-hydrogen) atoms. The maximum absolute atomic E-state index is 5.70. The van der Waals surface area contributed by atoms with Crippen LogP contribution in [0.2, 0.25) is 0 Å². The van der Waals surface area contributed by atoms with Gasteiger partial charge in [0.05, 0.1) is 6.61 Å². The summed E-state index contributed by atoms with van der Waals surface area (Å²) in [4.78, 5) is 4.23. The van der Waals surface area contributed by atoms with Gasteiger partial charge >= 0.3 is 0 Å². The monoisotopic (exact) mass is 249 g/mol. The third-order valence-electron chi connectivity index (χ3n) is 3.16. The van der Waals surface area contributed by atoms with E-state index >= 15 is 0 Å². The fraction of sp³-hybridized carbons (Fsp3) is 0.118. The molecule has 2 heteroatoms. The number of aromatic nitrogens is 1. The van der Waals surface area contributed by atoms with Crippen LogP contribution in [-0.2, 0) is 0 Å². The third-order valence-corrected chi connectivity index (χ3v) is 3.16. The molecule has 0 radical (unpaired) electrons. The van der Waals surface area contributed by atoms with Gasteiger partial charge in [0.25, 0.3) is 0 Å². The summed E-state index contributed by atoms with van der Waals surface area (Å²) in [6.07, 6.45) is 3.63. The van der Waals surface area contributed by atoms with Crippen molar-refractivity contribution in [3.63, 3.8) is 0 Å². The van der Waals surface area contributed by atoms with E-state index < -0.39 is 0 Å².